The minimum Gasteiger partial charge on any atom is -0.478 e. The van der Waals surface area contributed by atoms with E-state index >= 15 is 0 Å². The Labute approximate surface area is 251 Å². The molecule has 2 atom stereocenters. The van der Waals surface area contributed by atoms with Crippen molar-refractivity contribution in [2.45, 2.75) is 71.2 Å². The van der Waals surface area contributed by atoms with Gasteiger partial charge < -0.3 is 30.0 Å². The molecule has 2 aromatic rings. The molecule has 42 heavy (non-hydrogen) atoms. The van der Waals surface area contributed by atoms with Crippen molar-refractivity contribution >= 4 is 35.7 Å². The van der Waals surface area contributed by atoms with Crippen LogP contribution in [0.3, 0.4) is 0 Å². The number of ether oxygens (including phenoxy) is 3. The fourth-order valence-corrected chi connectivity index (χ4v) is 4.85. The summed E-state index contributed by atoms with van der Waals surface area (Å²) >= 11 is 1.36. The van der Waals surface area contributed by atoms with Crippen LogP contribution in [-0.4, -0.2) is 77.6 Å². The Hall–Kier alpha value is -3.57. The molecule has 0 aliphatic carbocycles. The molecule has 2 amide bonds. The van der Waals surface area contributed by atoms with E-state index in [1.807, 2.05) is 57.2 Å². The van der Waals surface area contributed by atoms with Gasteiger partial charge in [-0.3, -0.25) is 4.79 Å². The number of hydrogen-bond acceptors (Lipinski definition) is 8. The molecule has 0 aliphatic heterocycles. The highest BCUT2D eigenvalue weighted by Crippen LogP contribution is 2.28. The number of alkyl carbamates (subject to hydrolysis) is 1. The molecule has 0 aliphatic rings. The molecule has 0 saturated carbocycles. The maximum absolute atomic E-state index is 13.3. The monoisotopic (exact) mass is 602 g/mol. The molecule has 0 fully saturated rings. The van der Waals surface area contributed by atoms with E-state index in [9.17, 15) is 24.3 Å². The molecule has 230 valence electrons. The first-order chi connectivity index (χ1) is 19.6. The van der Waals surface area contributed by atoms with Crippen LogP contribution in [0.5, 0.6) is 0 Å². The van der Waals surface area contributed by atoms with Crippen molar-refractivity contribution in [3.05, 3.63) is 59.7 Å². The predicted octanol–water partition coefficient (Wildman–Crippen LogP) is 4.69. The van der Waals surface area contributed by atoms with Crippen LogP contribution < -0.4 is 10.6 Å². The van der Waals surface area contributed by atoms with Crippen LogP contribution >= 0.6 is 11.8 Å². The summed E-state index contributed by atoms with van der Waals surface area (Å²) in [7, 11) is 1.21. The average Bonchev–Trinajstić information content (AvgIpc) is 2.90. The largest absolute Gasteiger partial charge is 0.478 e. The molecule has 10 nitrogen and oxygen atoms in total. The molecule has 2 rings (SSSR count). The molecule has 0 unspecified atom stereocenters. The lowest BCUT2D eigenvalue weighted by atomic mass is 9.94. The maximum atomic E-state index is 13.3. The zero-order chi connectivity index (χ0) is 31.5. The van der Waals surface area contributed by atoms with E-state index in [4.69, 9.17) is 14.2 Å². The second kappa shape index (κ2) is 15.6. The van der Waals surface area contributed by atoms with E-state index < -0.39 is 47.2 Å². The van der Waals surface area contributed by atoms with Gasteiger partial charge in [-0.1, -0.05) is 42.5 Å². The summed E-state index contributed by atoms with van der Waals surface area (Å²) < 4.78 is 15.9. The standard InChI is InChI=1S/C31H42N2O8S/c1-30(2,3)40-18-24(28(37)39-7)32-26(34)25(33-29(38)41-31(4,5)6)19-42-17-16-22-21(20-12-9-8-10-13-20)14-11-15-23(22)27(35)36/h8-15,24-25H,16-19H2,1-7H3,(H,32,34)(H,33,38)(H,35,36)/t24-,25-/m0/s1. The summed E-state index contributed by atoms with van der Waals surface area (Å²) in [5.74, 6) is -1.73. The number of esters is 1. The van der Waals surface area contributed by atoms with Gasteiger partial charge in [0.25, 0.3) is 0 Å². The predicted molar refractivity (Wildman–Crippen MR) is 163 cm³/mol. The lowest BCUT2D eigenvalue weighted by Gasteiger charge is -2.26. The molecular formula is C31H42N2O8S. The minimum atomic E-state index is -1.09. The van der Waals surface area contributed by atoms with E-state index in [1.165, 1.54) is 18.9 Å². The van der Waals surface area contributed by atoms with Crippen molar-refractivity contribution in [2.24, 2.45) is 0 Å². The Bertz CT molecular complexity index is 1220. The first-order valence-electron chi connectivity index (χ1n) is 13.6. The lowest BCUT2D eigenvalue weighted by molar-refractivity contribution is -0.148. The molecule has 0 heterocycles. The molecule has 0 bridgehead atoms. The molecule has 0 spiro atoms. The molecule has 0 aromatic heterocycles. The van der Waals surface area contributed by atoms with E-state index in [1.54, 1.807) is 32.9 Å². The van der Waals surface area contributed by atoms with Crippen molar-refractivity contribution in [1.82, 2.24) is 10.6 Å². The van der Waals surface area contributed by atoms with Crippen molar-refractivity contribution in [3.63, 3.8) is 0 Å². The molecular weight excluding hydrogens is 560 g/mol. The molecule has 2 aromatic carbocycles. The van der Waals surface area contributed by atoms with Crippen LogP contribution in [0.15, 0.2) is 48.5 Å². The first kappa shape index (κ1) is 34.6. The van der Waals surface area contributed by atoms with Crippen LogP contribution in [0.2, 0.25) is 0 Å². The Morgan fingerprint density at radius 1 is 0.881 bits per heavy atom. The number of amides is 2. The topological polar surface area (TPSA) is 140 Å². The highest BCUT2D eigenvalue weighted by Gasteiger charge is 2.30. The second-order valence-corrected chi connectivity index (χ2v) is 12.7. The van der Waals surface area contributed by atoms with Crippen molar-refractivity contribution in [3.8, 4) is 11.1 Å². The number of benzene rings is 2. The summed E-state index contributed by atoms with van der Waals surface area (Å²) in [5.41, 5.74) is 1.24. The van der Waals surface area contributed by atoms with Crippen LogP contribution in [-0.2, 0) is 30.2 Å². The van der Waals surface area contributed by atoms with E-state index in [0.29, 0.717) is 17.7 Å². The second-order valence-electron chi connectivity index (χ2n) is 11.5. The van der Waals surface area contributed by atoms with Crippen LogP contribution in [0, 0.1) is 0 Å². The number of hydrogen-bond donors (Lipinski definition) is 3. The van der Waals surface area contributed by atoms with Crippen LogP contribution in [0.1, 0.15) is 57.5 Å². The third-order valence-electron chi connectivity index (χ3n) is 5.76. The number of rotatable bonds is 13. The van der Waals surface area contributed by atoms with Crippen LogP contribution in [0.25, 0.3) is 11.1 Å². The third kappa shape index (κ3) is 11.7. The normalized spacial score (nSPS) is 13.0. The zero-order valence-electron chi connectivity index (χ0n) is 25.3. The fourth-order valence-electron chi connectivity index (χ4n) is 3.87. The summed E-state index contributed by atoms with van der Waals surface area (Å²) in [6.45, 7) is 10.4. The van der Waals surface area contributed by atoms with Gasteiger partial charge in [0.2, 0.25) is 5.91 Å². The number of aromatic carboxylic acids is 1. The van der Waals surface area contributed by atoms with Gasteiger partial charge in [-0.05, 0) is 76.5 Å². The summed E-state index contributed by atoms with van der Waals surface area (Å²) in [6.07, 6.45) is -0.381. The van der Waals surface area contributed by atoms with Crippen molar-refractivity contribution in [1.29, 1.82) is 0 Å². The number of carbonyl (C=O) groups is 4. The number of carboxylic acid groups (broad SMARTS) is 1. The molecule has 11 heteroatoms. The van der Waals surface area contributed by atoms with Crippen molar-refractivity contribution < 1.29 is 38.5 Å². The Balaban J connectivity index is 2.20. The smallest absolute Gasteiger partial charge is 0.408 e. The minimum absolute atomic E-state index is 0.123. The summed E-state index contributed by atoms with van der Waals surface area (Å²) in [6, 6.07) is 12.5. The maximum Gasteiger partial charge on any atom is 0.408 e. The molecule has 0 saturated heterocycles. The van der Waals surface area contributed by atoms with Gasteiger partial charge in [-0.25, -0.2) is 14.4 Å². The molecule has 3 N–H and O–H groups in total. The average molecular weight is 603 g/mol. The quantitative estimate of drug-likeness (QED) is 0.220. The third-order valence-corrected chi connectivity index (χ3v) is 6.83. The number of nitrogens with one attached hydrogen (secondary N) is 2. The van der Waals surface area contributed by atoms with Gasteiger partial charge >= 0.3 is 18.0 Å². The number of carboxylic acids is 1. The number of thioether (sulfide) groups is 1. The van der Waals surface area contributed by atoms with Crippen LogP contribution in [0.4, 0.5) is 4.79 Å². The Kier molecular flexibility index (Phi) is 12.9. The van der Waals surface area contributed by atoms with E-state index in [0.717, 1.165) is 11.1 Å². The first-order valence-corrected chi connectivity index (χ1v) is 14.8. The highest BCUT2D eigenvalue weighted by atomic mass is 32.2. The number of carbonyl (C=O) groups excluding carboxylic acids is 3. The van der Waals surface area contributed by atoms with Gasteiger partial charge in [0.1, 0.15) is 11.6 Å². The summed E-state index contributed by atoms with van der Waals surface area (Å²) in [4.78, 5) is 50.3. The Morgan fingerprint density at radius 2 is 1.55 bits per heavy atom. The van der Waals surface area contributed by atoms with Crippen molar-refractivity contribution in [2.75, 3.05) is 25.2 Å². The lowest BCUT2D eigenvalue weighted by Crippen LogP contribution is -2.55. The zero-order valence-corrected chi connectivity index (χ0v) is 26.1. The molecule has 0 radical (unpaired) electrons. The Morgan fingerprint density at radius 3 is 2.12 bits per heavy atom. The van der Waals surface area contributed by atoms with Gasteiger partial charge in [-0.2, -0.15) is 11.8 Å². The SMILES string of the molecule is COC(=O)[C@H](COC(C)(C)C)NC(=O)[C@H](CSCCc1c(C(=O)O)cccc1-c1ccccc1)NC(=O)OC(C)(C)C. The fraction of sp³-hybridized carbons (Fsp3) is 0.484. The van der Waals surface area contributed by atoms with Gasteiger partial charge in [0.15, 0.2) is 6.04 Å². The number of methoxy groups -OCH3 is 1. The van der Waals surface area contributed by atoms with Gasteiger partial charge in [0.05, 0.1) is 24.9 Å². The highest BCUT2D eigenvalue weighted by molar-refractivity contribution is 7.99. The van der Waals surface area contributed by atoms with E-state index in [-0.39, 0.29) is 17.9 Å². The van der Waals surface area contributed by atoms with E-state index in [2.05, 4.69) is 10.6 Å². The van der Waals surface area contributed by atoms with Gasteiger partial charge in [-0.15, -0.1) is 0 Å². The van der Waals surface area contributed by atoms with Gasteiger partial charge in [0, 0.05) is 5.75 Å². The summed E-state index contributed by atoms with van der Waals surface area (Å²) in [5, 5.41) is 15.0.